The molecule has 0 spiro atoms. The molecule has 174 valence electrons. The summed E-state index contributed by atoms with van der Waals surface area (Å²) in [7, 11) is 0. The Labute approximate surface area is 200 Å². The lowest BCUT2D eigenvalue weighted by molar-refractivity contribution is 0.416. The van der Waals surface area contributed by atoms with Gasteiger partial charge in [0, 0.05) is 28.6 Å². The van der Waals surface area contributed by atoms with Crippen molar-refractivity contribution in [3.63, 3.8) is 0 Å². The molecule has 5 rings (SSSR count). The van der Waals surface area contributed by atoms with Crippen LogP contribution >= 0.6 is 0 Å². The van der Waals surface area contributed by atoms with Crippen molar-refractivity contribution in [2.24, 2.45) is 5.10 Å². The minimum Gasteiger partial charge on any atom is -0.318 e. The molecule has 0 amide bonds. The van der Waals surface area contributed by atoms with Crippen LogP contribution in [0.3, 0.4) is 0 Å². The van der Waals surface area contributed by atoms with Crippen molar-refractivity contribution < 1.29 is 0 Å². The third-order valence-corrected chi connectivity index (χ3v) is 7.15. The number of fused-ring (bicyclic) bond motifs is 1. The second-order valence-electron chi connectivity index (χ2n) is 9.33. The highest BCUT2D eigenvalue weighted by Gasteiger charge is 2.22. The van der Waals surface area contributed by atoms with Gasteiger partial charge in [0.05, 0.1) is 17.1 Å². The van der Waals surface area contributed by atoms with E-state index in [9.17, 15) is 4.79 Å². The molecule has 1 saturated carbocycles. The van der Waals surface area contributed by atoms with Crippen LogP contribution < -0.4 is 5.56 Å². The molecule has 2 aromatic heterocycles. The molecule has 5 heteroatoms. The van der Waals surface area contributed by atoms with E-state index < -0.39 is 0 Å². The van der Waals surface area contributed by atoms with Gasteiger partial charge in [0.2, 0.25) is 0 Å². The molecule has 4 aromatic rings. The average molecular weight is 453 g/mol. The van der Waals surface area contributed by atoms with Crippen LogP contribution in [0.4, 0.5) is 0 Å². The van der Waals surface area contributed by atoms with Crippen LogP contribution in [0.2, 0.25) is 0 Å². The van der Waals surface area contributed by atoms with Crippen LogP contribution in [0.1, 0.15) is 73.3 Å². The Morgan fingerprint density at radius 1 is 1.03 bits per heavy atom. The van der Waals surface area contributed by atoms with Gasteiger partial charge in [-0.1, -0.05) is 56.5 Å². The van der Waals surface area contributed by atoms with Gasteiger partial charge in [0.25, 0.3) is 5.56 Å². The summed E-state index contributed by atoms with van der Waals surface area (Å²) < 4.78 is 3.84. The second kappa shape index (κ2) is 9.41. The van der Waals surface area contributed by atoms with Gasteiger partial charge in [0.15, 0.2) is 0 Å². The standard InChI is InChI=1S/C29H32N4O/c1-4-22-12-8-11-17-27(22)32-20(2)18-24(21(32)3)19-30-33-28(23-13-6-5-7-14-23)31-26-16-10-9-15-25(26)29(33)34/h8-12,15-19,23H,4-7,13-14H2,1-3H3. The Hall–Kier alpha value is -3.47. The van der Waals surface area contributed by atoms with Crippen LogP contribution in [-0.2, 0) is 6.42 Å². The maximum absolute atomic E-state index is 13.5. The highest BCUT2D eigenvalue weighted by Crippen LogP contribution is 2.32. The lowest BCUT2D eigenvalue weighted by Crippen LogP contribution is -2.25. The normalized spacial score (nSPS) is 14.9. The average Bonchev–Trinajstić information content (AvgIpc) is 3.16. The summed E-state index contributed by atoms with van der Waals surface area (Å²) in [5.74, 6) is 1.07. The van der Waals surface area contributed by atoms with Crippen LogP contribution in [0.5, 0.6) is 0 Å². The largest absolute Gasteiger partial charge is 0.318 e. The number of hydrogen-bond acceptors (Lipinski definition) is 3. The number of nitrogens with zero attached hydrogens (tertiary/aromatic N) is 4. The molecule has 2 aromatic carbocycles. The zero-order valence-corrected chi connectivity index (χ0v) is 20.3. The monoisotopic (exact) mass is 452 g/mol. The number of para-hydroxylation sites is 2. The van der Waals surface area contributed by atoms with Gasteiger partial charge in [-0.05, 0) is 62.9 Å². The van der Waals surface area contributed by atoms with E-state index in [4.69, 9.17) is 10.1 Å². The molecule has 2 heterocycles. The van der Waals surface area contributed by atoms with Gasteiger partial charge in [0.1, 0.15) is 5.82 Å². The Morgan fingerprint density at radius 3 is 2.56 bits per heavy atom. The first-order valence-electron chi connectivity index (χ1n) is 12.4. The third kappa shape index (κ3) is 4.00. The van der Waals surface area contributed by atoms with Crippen molar-refractivity contribution in [2.75, 3.05) is 0 Å². The van der Waals surface area contributed by atoms with E-state index in [1.54, 1.807) is 4.68 Å². The fourth-order valence-electron chi connectivity index (χ4n) is 5.31. The fourth-order valence-corrected chi connectivity index (χ4v) is 5.31. The summed E-state index contributed by atoms with van der Waals surface area (Å²) in [6.07, 6.45) is 8.52. The highest BCUT2D eigenvalue weighted by molar-refractivity contribution is 5.82. The molecule has 0 bridgehead atoms. The van der Waals surface area contributed by atoms with Crippen molar-refractivity contribution >= 4 is 17.1 Å². The topological polar surface area (TPSA) is 52.2 Å². The van der Waals surface area contributed by atoms with Crippen molar-refractivity contribution in [3.8, 4) is 5.69 Å². The SMILES string of the molecule is CCc1ccccc1-n1c(C)cc(C=Nn2c(C3CCCCC3)nc3ccccc3c2=O)c1C. The minimum absolute atomic E-state index is 0.0902. The Kier molecular flexibility index (Phi) is 6.18. The minimum atomic E-state index is -0.0902. The van der Waals surface area contributed by atoms with Crippen LogP contribution in [0.15, 0.2) is 64.5 Å². The first kappa shape index (κ1) is 22.3. The van der Waals surface area contributed by atoms with E-state index in [0.717, 1.165) is 47.6 Å². The molecule has 0 atom stereocenters. The molecule has 5 nitrogen and oxygen atoms in total. The molecule has 1 fully saturated rings. The predicted octanol–water partition coefficient (Wildman–Crippen LogP) is 6.30. The van der Waals surface area contributed by atoms with Gasteiger partial charge in [-0.3, -0.25) is 4.79 Å². The van der Waals surface area contributed by atoms with Gasteiger partial charge in [-0.25, -0.2) is 4.98 Å². The van der Waals surface area contributed by atoms with Gasteiger partial charge in [-0.15, -0.1) is 0 Å². The first-order valence-corrected chi connectivity index (χ1v) is 12.4. The molecule has 0 aliphatic heterocycles. The molecular weight excluding hydrogens is 420 g/mol. The van der Waals surface area contributed by atoms with Gasteiger partial charge >= 0.3 is 0 Å². The molecule has 1 aliphatic rings. The number of benzene rings is 2. The Balaban J connectivity index is 1.61. The van der Waals surface area contributed by atoms with Crippen molar-refractivity contribution in [2.45, 2.75) is 65.2 Å². The number of aromatic nitrogens is 3. The lowest BCUT2D eigenvalue weighted by atomic mass is 9.88. The zero-order valence-electron chi connectivity index (χ0n) is 20.3. The molecule has 0 N–H and O–H groups in total. The van der Waals surface area contributed by atoms with E-state index >= 15 is 0 Å². The first-order chi connectivity index (χ1) is 16.6. The third-order valence-electron chi connectivity index (χ3n) is 7.15. The maximum Gasteiger partial charge on any atom is 0.282 e. The second-order valence-corrected chi connectivity index (χ2v) is 9.33. The molecule has 34 heavy (non-hydrogen) atoms. The van der Waals surface area contributed by atoms with Gasteiger partial charge < -0.3 is 4.57 Å². The molecule has 0 saturated heterocycles. The van der Waals surface area contributed by atoms with E-state index in [2.05, 4.69) is 55.7 Å². The zero-order chi connectivity index (χ0) is 23.7. The van der Waals surface area contributed by atoms with E-state index in [1.807, 2.05) is 30.5 Å². The summed E-state index contributed by atoms with van der Waals surface area (Å²) in [4.78, 5) is 18.4. The predicted molar refractivity (Wildman–Crippen MR) is 139 cm³/mol. The van der Waals surface area contributed by atoms with E-state index in [-0.39, 0.29) is 11.5 Å². The Morgan fingerprint density at radius 2 is 1.76 bits per heavy atom. The summed E-state index contributed by atoms with van der Waals surface area (Å²) in [6, 6.07) is 18.3. The van der Waals surface area contributed by atoms with E-state index in [0.29, 0.717) is 5.39 Å². The van der Waals surface area contributed by atoms with Crippen molar-refractivity contribution in [1.29, 1.82) is 0 Å². The fraction of sp³-hybridized carbons (Fsp3) is 0.345. The van der Waals surface area contributed by atoms with Gasteiger partial charge in [-0.2, -0.15) is 9.78 Å². The van der Waals surface area contributed by atoms with Crippen molar-refractivity contribution in [1.82, 2.24) is 14.2 Å². The van der Waals surface area contributed by atoms with Crippen molar-refractivity contribution in [3.05, 3.63) is 93.3 Å². The lowest BCUT2D eigenvalue weighted by Gasteiger charge is -2.22. The van der Waals surface area contributed by atoms with Crippen LogP contribution in [0.25, 0.3) is 16.6 Å². The van der Waals surface area contributed by atoms with Crippen LogP contribution in [0, 0.1) is 13.8 Å². The Bertz CT molecular complexity index is 1420. The molecule has 0 radical (unpaired) electrons. The maximum atomic E-state index is 13.5. The quantitative estimate of drug-likeness (QED) is 0.334. The summed E-state index contributed by atoms with van der Waals surface area (Å²) in [5, 5.41) is 5.37. The summed E-state index contributed by atoms with van der Waals surface area (Å²) >= 11 is 0. The molecule has 1 aliphatic carbocycles. The highest BCUT2D eigenvalue weighted by atomic mass is 16.1. The number of aryl methyl sites for hydroxylation is 2. The summed E-state index contributed by atoms with van der Waals surface area (Å²) in [5.41, 5.74) is 6.45. The van der Waals surface area contributed by atoms with E-state index in [1.165, 1.54) is 30.5 Å². The van der Waals surface area contributed by atoms with Crippen LogP contribution in [-0.4, -0.2) is 20.4 Å². The summed E-state index contributed by atoms with van der Waals surface area (Å²) in [6.45, 7) is 6.42. The smallest absolute Gasteiger partial charge is 0.282 e. The number of hydrogen-bond donors (Lipinski definition) is 0. The number of rotatable bonds is 5. The molecular formula is C29H32N4O. The molecule has 0 unspecified atom stereocenters.